The largest absolute Gasteiger partial charge is 0.417 e. The van der Waals surface area contributed by atoms with Crippen molar-refractivity contribution >= 4 is 11.9 Å². The fraction of sp³-hybridized carbons (Fsp3) is 0.704. The molecule has 6 unspecified atom stereocenters. The fourth-order valence-electron chi connectivity index (χ4n) is 8.28. The summed E-state index contributed by atoms with van der Waals surface area (Å²) in [6.45, 7) is 4.94. The van der Waals surface area contributed by atoms with Gasteiger partial charge in [-0.3, -0.25) is 0 Å². The Labute approximate surface area is 189 Å². The maximum absolute atomic E-state index is 13.3. The van der Waals surface area contributed by atoms with E-state index in [1.807, 2.05) is 0 Å². The van der Waals surface area contributed by atoms with Crippen molar-refractivity contribution in [2.75, 3.05) is 0 Å². The molecule has 0 N–H and O–H groups in total. The summed E-state index contributed by atoms with van der Waals surface area (Å²) in [6.07, 6.45) is 9.75. The zero-order chi connectivity index (χ0) is 22.6. The van der Waals surface area contributed by atoms with Crippen molar-refractivity contribution in [3.05, 3.63) is 35.4 Å². The monoisotopic (exact) mass is 444 g/mol. The molecule has 4 aliphatic carbocycles. The van der Waals surface area contributed by atoms with E-state index in [0.29, 0.717) is 11.3 Å². The van der Waals surface area contributed by atoms with E-state index in [1.165, 1.54) is 63.3 Å². The van der Waals surface area contributed by atoms with Crippen LogP contribution in [0.15, 0.2) is 34.5 Å². The van der Waals surface area contributed by atoms with Crippen LogP contribution in [0.3, 0.4) is 0 Å². The summed E-state index contributed by atoms with van der Waals surface area (Å²) in [5.41, 5.74) is 1.10. The molecule has 2 nitrogen and oxygen atoms in total. The van der Waals surface area contributed by atoms with E-state index in [4.69, 9.17) is 0 Å². The minimum absolute atomic E-state index is 0.0555. The zero-order valence-electron chi connectivity index (χ0n) is 19.3. The molecule has 1 aromatic rings. The number of hydrogen-bond donors (Lipinski definition) is 0. The van der Waals surface area contributed by atoms with Gasteiger partial charge in [0.25, 0.3) is 0 Å². The predicted octanol–water partition coefficient (Wildman–Crippen LogP) is 7.91. The lowest BCUT2D eigenvalue weighted by atomic mass is 9.45. The second-order valence-electron chi connectivity index (χ2n) is 11.3. The van der Waals surface area contributed by atoms with Crippen LogP contribution >= 0.6 is 0 Å². The second kappa shape index (κ2) is 7.99. The normalized spacial score (nSPS) is 40.8. The van der Waals surface area contributed by atoms with Crippen LogP contribution in [0, 0.1) is 34.5 Å². The minimum atomic E-state index is -4.38. The Hall–Kier alpha value is -1.65. The average Bonchev–Trinajstić information content (AvgIpc) is 3.09. The average molecular weight is 445 g/mol. The van der Waals surface area contributed by atoms with Gasteiger partial charge in [-0.25, -0.2) is 0 Å². The van der Waals surface area contributed by atoms with Crippen LogP contribution in [0.2, 0.25) is 0 Å². The van der Waals surface area contributed by atoms with Crippen molar-refractivity contribution in [1.82, 2.24) is 0 Å². The number of hydrogen-bond acceptors (Lipinski definition) is 2. The van der Waals surface area contributed by atoms with Crippen LogP contribution in [0.4, 0.5) is 13.2 Å². The summed E-state index contributed by atoms with van der Waals surface area (Å²) in [6, 6.07) is 5.58. The van der Waals surface area contributed by atoms with Gasteiger partial charge in [-0.2, -0.15) is 23.4 Å². The number of rotatable bonds is 2. The highest BCUT2D eigenvalue weighted by molar-refractivity contribution is 5.93. The Bertz CT molecular complexity index is 920. The van der Waals surface area contributed by atoms with E-state index < -0.39 is 11.7 Å². The van der Waals surface area contributed by atoms with Crippen molar-refractivity contribution in [2.45, 2.75) is 84.2 Å². The number of nitrogens with zero attached hydrogens (tertiary/aromatic N) is 2. The van der Waals surface area contributed by atoms with Crippen LogP contribution in [0.1, 0.15) is 89.2 Å². The van der Waals surface area contributed by atoms with E-state index in [9.17, 15) is 13.2 Å². The lowest BCUT2D eigenvalue weighted by Crippen LogP contribution is -2.52. The van der Waals surface area contributed by atoms with Crippen LogP contribution in [-0.2, 0) is 6.18 Å². The minimum Gasteiger partial charge on any atom is -0.166 e. The molecule has 5 rings (SSSR count). The lowest BCUT2D eigenvalue weighted by Gasteiger charge is -2.59. The van der Waals surface area contributed by atoms with Crippen LogP contribution < -0.4 is 0 Å². The summed E-state index contributed by atoms with van der Waals surface area (Å²) in [5.74, 6) is 3.17. The van der Waals surface area contributed by atoms with Crippen molar-refractivity contribution in [3.63, 3.8) is 0 Å². The highest BCUT2D eigenvalue weighted by Gasteiger charge is 2.59. The van der Waals surface area contributed by atoms with Gasteiger partial charge in [-0.1, -0.05) is 44.9 Å². The molecule has 4 aliphatic rings. The van der Waals surface area contributed by atoms with E-state index in [1.54, 1.807) is 6.07 Å². The molecule has 6 atom stereocenters. The Morgan fingerprint density at radius 2 is 1.75 bits per heavy atom. The smallest absolute Gasteiger partial charge is 0.166 e. The van der Waals surface area contributed by atoms with Gasteiger partial charge in [0.15, 0.2) is 0 Å². The fourth-order valence-corrected chi connectivity index (χ4v) is 8.28. The van der Waals surface area contributed by atoms with Crippen molar-refractivity contribution in [1.29, 1.82) is 0 Å². The number of alkyl halides is 3. The van der Waals surface area contributed by atoms with Crippen LogP contribution in [0.25, 0.3) is 0 Å². The van der Waals surface area contributed by atoms with Gasteiger partial charge in [0.1, 0.15) is 0 Å². The molecule has 174 valence electrons. The summed E-state index contributed by atoms with van der Waals surface area (Å²) >= 11 is 0. The predicted molar refractivity (Wildman–Crippen MR) is 123 cm³/mol. The van der Waals surface area contributed by atoms with Crippen LogP contribution in [-0.4, -0.2) is 11.9 Å². The van der Waals surface area contributed by atoms with Gasteiger partial charge in [0, 0.05) is 16.7 Å². The maximum atomic E-state index is 13.3. The zero-order valence-corrected chi connectivity index (χ0v) is 19.3. The van der Waals surface area contributed by atoms with E-state index in [-0.39, 0.29) is 11.0 Å². The summed E-state index contributed by atoms with van der Waals surface area (Å²) < 4.78 is 39.8. The summed E-state index contributed by atoms with van der Waals surface area (Å²) in [4.78, 5) is 0. The molecular formula is C27H35F3N2. The van der Waals surface area contributed by atoms with Gasteiger partial charge >= 0.3 is 6.18 Å². The SMILES string of the molecule is CC12CCC3C(CCC4CCCCC43C)C1CC/C2=N\N=C\c1ccccc1C(F)(F)F. The molecule has 0 radical (unpaired) electrons. The second-order valence-corrected chi connectivity index (χ2v) is 11.3. The molecule has 0 aliphatic heterocycles. The van der Waals surface area contributed by atoms with Gasteiger partial charge in [-0.05, 0) is 86.5 Å². The van der Waals surface area contributed by atoms with Gasteiger partial charge in [0.2, 0.25) is 0 Å². The molecule has 5 heteroatoms. The third-order valence-electron chi connectivity index (χ3n) is 9.97. The quantitative estimate of drug-likeness (QED) is 0.327. The molecule has 1 aromatic carbocycles. The Balaban J connectivity index is 1.37. The van der Waals surface area contributed by atoms with Gasteiger partial charge in [0.05, 0.1) is 11.8 Å². The third kappa shape index (κ3) is 3.54. The number of halogens is 3. The van der Waals surface area contributed by atoms with Crippen LogP contribution in [0.5, 0.6) is 0 Å². The van der Waals surface area contributed by atoms with Gasteiger partial charge in [-0.15, -0.1) is 0 Å². The molecule has 0 aromatic heterocycles. The molecule has 4 saturated carbocycles. The van der Waals surface area contributed by atoms with E-state index in [0.717, 1.165) is 48.8 Å². The van der Waals surface area contributed by atoms with Gasteiger partial charge < -0.3 is 0 Å². The van der Waals surface area contributed by atoms with E-state index in [2.05, 4.69) is 24.1 Å². The first-order valence-corrected chi connectivity index (χ1v) is 12.5. The molecular weight excluding hydrogens is 409 g/mol. The van der Waals surface area contributed by atoms with Crippen molar-refractivity contribution in [2.24, 2.45) is 44.7 Å². The van der Waals surface area contributed by atoms with E-state index >= 15 is 0 Å². The summed E-state index contributed by atoms with van der Waals surface area (Å²) in [5, 5.41) is 8.73. The molecule has 32 heavy (non-hydrogen) atoms. The third-order valence-corrected chi connectivity index (χ3v) is 9.97. The first kappa shape index (κ1) is 22.2. The topological polar surface area (TPSA) is 24.7 Å². The number of fused-ring (bicyclic) bond motifs is 5. The lowest BCUT2D eigenvalue weighted by molar-refractivity contribution is -0.137. The first-order valence-electron chi connectivity index (χ1n) is 12.5. The molecule has 0 bridgehead atoms. The van der Waals surface area contributed by atoms with Crippen molar-refractivity contribution in [3.8, 4) is 0 Å². The summed E-state index contributed by atoms with van der Waals surface area (Å²) in [7, 11) is 0. The first-order chi connectivity index (χ1) is 15.2. The highest BCUT2D eigenvalue weighted by Crippen LogP contribution is 2.65. The molecule has 0 heterocycles. The standard InChI is InChI=1S/C27H35F3N2/c1-25-15-6-5-8-19(25)10-11-20-22-12-13-24(26(22,2)16-14-23(20)25)32-31-17-18-7-3-4-9-21(18)27(28,29)30/h3-4,7,9,17,19-20,22-23H,5-6,8,10-16H2,1-2H3/b31-17+,32-24+. The Morgan fingerprint density at radius 3 is 2.56 bits per heavy atom. The highest BCUT2D eigenvalue weighted by atomic mass is 19.4. The molecule has 0 amide bonds. The van der Waals surface area contributed by atoms with Crippen molar-refractivity contribution < 1.29 is 13.2 Å². The number of benzene rings is 1. The Kier molecular flexibility index (Phi) is 5.53. The maximum Gasteiger partial charge on any atom is 0.417 e. The Morgan fingerprint density at radius 1 is 0.938 bits per heavy atom. The molecule has 0 spiro atoms. The molecule has 0 saturated heterocycles. The molecule has 4 fully saturated rings.